The van der Waals surface area contributed by atoms with Gasteiger partial charge in [-0.05, 0) is 5.56 Å². The average molecular weight is 448 g/mol. The molecule has 128 valence electrons. The Labute approximate surface area is 159 Å². The van der Waals surface area contributed by atoms with E-state index in [9.17, 15) is 4.79 Å². The van der Waals surface area contributed by atoms with E-state index in [4.69, 9.17) is 5.73 Å². The molecule has 23 heavy (non-hydrogen) atoms. The van der Waals surface area contributed by atoms with Crippen molar-refractivity contribution >= 4 is 47.6 Å². The zero-order valence-corrected chi connectivity index (χ0v) is 16.6. The Morgan fingerprint density at radius 2 is 1.96 bits per heavy atom. The number of halogens is 1. The van der Waals surface area contributed by atoms with Gasteiger partial charge in [-0.2, -0.15) is 11.8 Å². The van der Waals surface area contributed by atoms with Crippen LogP contribution in [0.1, 0.15) is 12.0 Å². The van der Waals surface area contributed by atoms with Gasteiger partial charge in [0.15, 0.2) is 5.96 Å². The summed E-state index contributed by atoms with van der Waals surface area (Å²) in [5.74, 6) is 2.85. The topological polar surface area (TPSA) is 61.9 Å². The molecular weight excluding hydrogens is 423 g/mol. The second kappa shape index (κ2) is 10.7. The van der Waals surface area contributed by atoms with Gasteiger partial charge >= 0.3 is 0 Å². The molecule has 0 aromatic heterocycles. The van der Waals surface area contributed by atoms with Crippen molar-refractivity contribution in [3.05, 3.63) is 35.9 Å². The Morgan fingerprint density at radius 3 is 2.61 bits per heavy atom. The van der Waals surface area contributed by atoms with Crippen LogP contribution in [0.25, 0.3) is 0 Å². The number of benzene rings is 1. The molecule has 7 heteroatoms. The van der Waals surface area contributed by atoms with Gasteiger partial charge in [0.05, 0.1) is 6.54 Å². The van der Waals surface area contributed by atoms with Crippen LogP contribution in [0.15, 0.2) is 35.3 Å². The summed E-state index contributed by atoms with van der Waals surface area (Å²) in [6, 6.07) is 9.98. The van der Waals surface area contributed by atoms with Gasteiger partial charge in [-0.1, -0.05) is 30.3 Å². The molecule has 1 aliphatic rings. The van der Waals surface area contributed by atoms with Gasteiger partial charge < -0.3 is 15.5 Å². The summed E-state index contributed by atoms with van der Waals surface area (Å²) in [4.78, 5) is 20.3. The molecule has 0 radical (unpaired) electrons. The highest BCUT2D eigenvalue weighted by Gasteiger charge is 2.13. The zero-order valence-electron chi connectivity index (χ0n) is 13.5. The van der Waals surface area contributed by atoms with Crippen LogP contribution in [0.5, 0.6) is 0 Å². The minimum Gasteiger partial charge on any atom is -0.370 e. The van der Waals surface area contributed by atoms with Crippen LogP contribution in [-0.4, -0.2) is 59.9 Å². The Bertz CT molecular complexity index is 506. The van der Waals surface area contributed by atoms with E-state index in [1.807, 2.05) is 49.1 Å². The summed E-state index contributed by atoms with van der Waals surface area (Å²) in [5.41, 5.74) is 7.11. The largest absolute Gasteiger partial charge is 0.370 e. The first kappa shape index (κ1) is 20.1. The summed E-state index contributed by atoms with van der Waals surface area (Å²) in [7, 11) is 1.82. The summed E-state index contributed by atoms with van der Waals surface area (Å²) in [6.45, 7) is 2.97. The molecule has 0 bridgehead atoms. The molecule has 5 nitrogen and oxygen atoms in total. The van der Waals surface area contributed by atoms with Crippen molar-refractivity contribution in [2.75, 3.05) is 38.2 Å². The molecule has 1 fully saturated rings. The number of nitrogens with zero attached hydrogens (tertiary/aromatic N) is 3. The van der Waals surface area contributed by atoms with E-state index in [1.54, 1.807) is 4.90 Å². The van der Waals surface area contributed by atoms with Crippen molar-refractivity contribution in [2.24, 2.45) is 10.7 Å². The van der Waals surface area contributed by atoms with E-state index in [-0.39, 0.29) is 29.9 Å². The number of hydrogen-bond acceptors (Lipinski definition) is 3. The lowest BCUT2D eigenvalue weighted by Crippen LogP contribution is -2.42. The van der Waals surface area contributed by atoms with Crippen molar-refractivity contribution in [3.8, 4) is 0 Å². The molecule has 2 N–H and O–H groups in total. The highest BCUT2D eigenvalue weighted by molar-refractivity contribution is 14.0. The molecule has 0 saturated carbocycles. The number of guanidine groups is 1. The number of hydrogen-bond donors (Lipinski definition) is 1. The number of rotatable bonds is 5. The van der Waals surface area contributed by atoms with E-state index in [0.717, 1.165) is 30.2 Å². The molecule has 1 saturated heterocycles. The average Bonchev–Trinajstić information content (AvgIpc) is 2.56. The molecule has 1 heterocycles. The number of amides is 1. The Balaban J connectivity index is 0.00000264. The molecule has 0 atom stereocenters. The molecule has 1 amide bonds. The van der Waals surface area contributed by atoms with Gasteiger partial charge in [0, 0.05) is 44.6 Å². The van der Waals surface area contributed by atoms with Crippen molar-refractivity contribution in [1.82, 2.24) is 9.80 Å². The predicted octanol–water partition coefficient (Wildman–Crippen LogP) is 2.02. The van der Waals surface area contributed by atoms with E-state index in [2.05, 4.69) is 9.89 Å². The fourth-order valence-corrected chi connectivity index (χ4v) is 3.20. The summed E-state index contributed by atoms with van der Waals surface area (Å²) >= 11 is 1.94. The third kappa shape index (κ3) is 6.99. The Hall–Kier alpha value is -0.960. The maximum absolute atomic E-state index is 12.1. The lowest BCUT2D eigenvalue weighted by atomic mass is 10.2. The van der Waals surface area contributed by atoms with Gasteiger partial charge in [-0.25, -0.2) is 0 Å². The van der Waals surface area contributed by atoms with Crippen LogP contribution < -0.4 is 5.73 Å². The molecule has 0 unspecified atom stereocenters. The van der Waals surface area contributed by atoms with Crippen LogP contribution in [-0.2, 0) is 11.3 Å². The molecule has 1 aliphatic heterocycles. The minimum absolute atomic E-state index is 0. The molecule has 1 aromatic carbocycles. The van der Waals surface area contributed by atoms with E-state index >= 15 is 0 Å². The summed E-state index contributed by atoms with van der Waals surface area (Å²) in [5, 5.41) is 0. The van der Waals surface area contributed by atoms with Crippen LogP contribution in [0.4, 0.5) is 0 Å². The fraction of sp³-hybridized carbons (Fsp3) is 0.500. The lowest BCUT2D eigenvalue weighted by Gasteiger charge is -2.27. The highest BCUT2D eigenvalue weighted by atomic mass is 127. The minimum atomic E-state index is 0. The second-order valence-electron chi connectivity index (χ2n) is 5.32. The Kier molecular flexibility index (Phi) is 9.39. The molecule has 2 rings (SSSR count). The van der Waals surface area contributed by atoms with E-state index < -0.39 is 0 Å². The fourth-order valence-electron chi connectivity index (χ4n) is 2.29. The third-order valence-electron chi connectivity index (χ3n) is 3.62. The van der Waals surface area contributed by atoms with Gasteiger partial charge in [-0.15, -0.1) is 24.0 Å². The van der Waals surface area contributed by atoms with Crippen molar-refractivity contribution < 1.29 is 4.79 Å². The molecule has 1 aromatic rings. The third-order valence-corrected chi connectivity index (χ3v) is 4.57. The number of carbonyl (C=O) groups excluding carboxylic acids is 1. The van der Waals surface area contributed by atoms with Crippen molar-refractivity contribution in [3.63, 3.8) is 0 Å². The predicted molar refractivity (Wildman–Crippen MR) is 108 cm³/mol. The van der Waals surface area contributed by atoms with Crippen LogP contribution >= 0.6 is 35.7 Å². The first-order valence-corrected chi connectivity index (χ1v) is 8.73. The smallest absolute Gasteiger partial charge is 0.224 e. The quantitative estimate of drug-likeness (QED) is 0.426. The summed E-state index contributed by atoms with van der Waals surface area (Å²) in [6.07, 6.45) is 0.395. The monoisotopic (exact) mass is 448 g/mol. The lowest BCUT2D eigenvalue weighted by molar-refractivity contribution is -0.130. The van der Waals surface area contributed by atoms with Gasteiger partial charge in [0.2, 0.25) is 5.91 Å². The van der Waals surface area contributed by atoms with Crippen molar-refractivity contribution in [1.29, 1.82) is 0 Å². The van der Waals surface area contributed by atoms with Gasteiger partial charge in [-0.3, -0.25) is 9.79 Å². The first-order chi connectivity index (χ1) is 10.7. The highest BCUT2D eigenvalue weighted by Crippen LogP contribution is 2.08. The maximum atomic E-state index is 12.1. The zero-order chi connectivity index (χ0) is 15.8. The molecule has 0 aliphatic carbocycles. The van der Waals surface area contributed by atoms with Gasteiger partial charge in [0.1, 0.15) is 0 Å². The molecule has 0 spiro atoms. The van der Waals surface area contributed by atoms with Crippen LogP contribution in [0.3, 0.4) is 0 Å². The number of nitrogens with two attached hydrogens (primary N) is 1. The maximum Gasteiger partial charge on any atom is 0.224 e. The number of carbonyl (C=O) groups is 1. The standard InChI is InChI=1S/C16H24N4OS.HI/c1-19(13-14-5-3-2-4-6-14)15(21)7-8-18-16(17)20-9-11-22-12-10-20;/h2-6H,7-13H2,1H3,(H2,17,18);1H. The number of aliphatic imine (C=N–C) groups is 1. The van der Waals surface area contributed by atoms with Crippen LogP contribution in [0, 0.1) is 0 Å². The van der Waals surface area contributed by atoms with E-state index in [1.165, 1.54) is 0 Å². The van der Waals surface area contributed by atoms with E-state index in [0.29, 0.717) is 25.5 Å². The van der Waals surface area contributed by atoms with Crippen LogP contribution in [0.2, 0.25) is 0 Å². The molecular formula is C16H25IN4OS. The summed E-state index contributed by atoms with van der Waals surface area (Å²) < 4.78 is 0. The number of thioether (sulfide) groups is 1. The first-order valence-electron chi connectivity index (χ1n) is 7.57. The SMILES string of the molecule is CN(Cc1ccccc1)C(=O)CCN=C(N)N1CCSCC1.I. The van der Waals surface area contributed by atoms with Gasteiger partial charge in [0.25, 0.3) is 0 Å². The second-order valence-corrected chi connectivity index (χ2v) is 6.55. The van der Waals surface area contributed by atoms with Crippen molar-refractivity contribution in [2.45, 2.75) is 13.0 Å². The normalized spacial score (nSPS) is 15.0. The Morgan fingerprint density at radius 1 is 1.30 bits per heavy atom.